The summed E-state index contributed by atoms with van der Waals surface area (Å²) in [6.45, 7) is 3.37. The van der Waals surface area contributed by atoms with Gasteiger partial charge >= 0.3 is 0 Å². The van der Waals surface area contributed by atoms with Crippen LogP contribution in [0.25, 0.3) is 0 Å². The summed E-state index contributed by atoms with van der Waals surface area (Å²) in [5.41, 5.74) is 7.83. The fourth-order valence-corrected chi connectivity index (χ4v) is 1.83. The van der Waals surface area contributed by atoms with Gasteiger partial charge in [0.25, 0.3) is 0 Å². The first-order valence-electron chi connectivity index (χ1n) is 6.16. The third-order valence-corrected chi connectivity index (χ3v) is 2.77. The average molecular weight is 234 g/mol. The molecule has 0 spiro atoms. The zero-order valence-electron chi connectivity index (χ0n) is 10.8. The molecule has 0 fully saturated rings. The number of nitrogens with zero attached hydrogens (tertiary/aromatic N) is 1. The molecule has 1 amide bonds. The van der Waals surface area contributed by atoms with E-state index in [1.165, 1.54) is 17.5 Å². The van der Waals surface area contributed by atoms with Crippen LogP contribution < -0.4 is 5.73 Å². The Balaban J connectivity index is 2.38. The molecule has 94 valence electrons. The van der Waals surface area contributed by atoms with Gasteiger partial charge in [-0.25, -0.2) is 0 Å². The van der Waals surface area contributed by atoms with Crippen molar-refractivity contribution in [2.75, 3.05) is 20.1 Å². The Morgan fingerprint density at radius 3 is 2.18 bits per heavy atom. The van der Waals surface area contributed by atoms with Crippen molar-refractivity contribution in [1.82, 2.24) is 4.90 Å². The van der Waals surface area contributed by atoms with Crippen molar-refractivity contribution in [1.29, 1.82) is 0 Å². The Kier molecular flexibility index (Phi) is 5.70. The average Bonchev–Trinajstić information content (AvgIpc) is 2.28. The quantitative estimate of drug-likeness (QED) is 0.779. The van der Waals surface area contributed by atoms with Crippen LogP contribution in [0.4, 0.5) is 0 Å². The molecule has 17 heavy (non-hydrogen) atoms. The molecule has 0 heterocycles. The van der Waals surface area contributed by atoms with Crippen molar-refractivity contribution >= 4 is 5.91 Å². The molecule has 0 aliphatic heterocycles. The topological polar surface area (TPSA) is 46.3 Å². The number of carbonyl (C=O) groups is 1. The van der Waals surface area contributed by atoms with Gasteiger partial charge < -0.3 is 5.73 Å². The predicted molar refractivity (Wildman–Crippen MR) is 70.8 cm³/mol. The van der Waals surface area contributed by atoms with Gasteiger partial charge in [-0.2, -0.15) is 0 Å². The highest BCUT2D eigenvalue weighted by Gasteiger charge is 2.02. The van der Waals surface area contributed by atoms with Crippen molar-refractivity contribution < 1.29 is 4.79 Å². The monoisotopic (exact) mass is 234 g/mol. The van der Waals surface area contributed by atoms with E-state index in [0.29, 0.717) is 6.54 Å². The summed E-state index contributed by atoms with van der Waals surface area (Å²) < 4.78 is 0. The summed E-state index contributed by atoms with van der Waals surface area (Å²) >= 11 is 0. The number of likely N-dealkylation sites (N-methyl/N-ethyl adjacent to an activating group) is 1. The number of nitrogens with two attached hydrogens (primary N) is 1. The normalized spacial score (nSPS) is 10.8. The van der Waals surface area contributed by atoms with Gasteiger partial charge in [0.2, 0.25) is 5.91 Å². The van der Waals surface area contributed by atoms with Crippen LogP contribution in [0.1, 0.15) is 24.5 Å². The maximum Gasteiger partial charge on any atom is 0.231 e. The zero-order valence-corrected chi connectivity index (χ0v) is 10.8. The van der Waals surface area contributed by atoms with Crippen LogP contribution in [-0.4, -0.2) is 30.9 Å². The lowest BCUT2D eigenvalue weighted by molar-refractivity contribution is -0.118. The van der Waals surface area contributed by atoms with Crippen molar-refractivity contribution in [2.45, 2.75) is 26.2 Å². The minimum atomic E-state index is -0.272. The molecule has 1 rings (SSSR count). The van der Waals surface area contributed by atoms with E-state index in [4.69, 9.17) is 5.73 Å². The van der Waals surface area contributed by atoms with E-state index in [0.717, 1.165) is 19.4 Å². The maximum atomic E-state index is 10.7. The number of amides is 1. The third-order valence-electron chi connectivity index (χ3n) is 2.77. The van der Waals surface area contributed by atoms with Gasteiger partial charge in [0.05, 0.1) is 6.54 Å². The first kappa shape index (κ1) is 13.7. The molecule has 2 N–H and O–H groups in total. The summed E-state index contributed by atoms with van der Waals surface area (Å²) in [7, 11) is 1.91. The Labute approximate surface area is 104 Å². The Hall–Kier alpha value is -1.35. The van der Waals surface area contributed by atoms with Crippen molar-refractivity contribution in [2.24, 2.45) is 5.73 Å². The van der Waals surface area contributed by atoms with E-state index < -0.39 is 0 Å². The Bertz CT molecular complexity index is 346. The van der Waals surface area contributed by atoms with Gasteiger partial charge in [-0.1, -0.05) is 37.6 Å². The minimum absolute atomic E-state index is 0.272. The molecular formula is C14H22N2O. The molecule has 1 aromatic rings. The molecule has 0 atom stereocenters. The van der Waals surface area contributed by atoms with Gasteiger partial charge in [-0.3, -0.25) is 9.69 Å². The first-order valence-corrected chi connectivity index (χ1v) is 6.16. The number of rotatable bonds is 7. The minimum Gasteiger partial charge on any atom is -0.369 e. The summed E-state index contributed by atoms with van der Waals surface area (Å²) in [4.78, 5) is 12.7. The highest BCUT2D eigenvalue weighted by molar-refractivity contribution is 5.75. The van der Waals surface area contributed by atoms with E-state index in [1.54, 1.807) is 0 Å². The van der Waals surface area contributed by atoms with Crippen molar-refractivity contribution in [3.8, 4) is 0 Å². The highest BCUT2D eigenvalue weighted by Crippen LogP contribution is 2.07. The molecule has 1 aromatic carbocycles. The zero-order chi connectivity index (χ0) is 12.7. The molecule has 0 saturated heterocycles. The van der Waals surface area contributed by atoms with Crippen LogP contribution in [0.2, 0.25) is 0 Å². The van der Waals surface area contributed by atoms with Crippen molar-refractivity contribution in [3.05, 3.63) is 35.4 Å². The number of primary amides is 1. The Morgan fingerprint density at radius 1 is 1.18 bits per heavy atom. The van der Waals surface area contributed by atoms with E-state index >= 15 is 0 Å². The standard InChI is InChI=1S/C14H22N2O/c1-3-4-12-5-7-13(8-6-12)9-10-16(2)11-14(15)17/h5-8H,3-4,9-11H2,1-2H3,(H2,15,17). The van der Waals surface area contributed by atoms with Gasteiger partial charge in [0.1, 0.15) is 0 Å². The molecule has 0 radical (unpaired) electrons. The lowest BCUT2D eigenvalue weighted by Gasteiger charge is -2.14. The van der Waals surface area contributed by atoms with E-state index in [2.05, 4.69) is 31.2 Å². The SMILES string of the molecule is CCCc1ccc(CCN(C)CC(N)=O)cc1. The van der Waals surface area contributed by atoms with Gasteiger partial charge in [0.15, 0.2) is 0 Å². The van der Waals surface area contributed by atoms with Crippen molar-refractivity contribution in [3.63, 3.8) is 0 Å². The molecule has 0 aliphatic rings. The smallest absolute Gasteiger partial charge is 0.231 e. The first-order chi connectivity index (χ1) is 8.11. The van der Waals surface area contributed by atoms with E-state index in [-0.39, 0.29) is 5.91 Å². The molecule has 0 unspecified atom stereocenters. The predicted octanol–water partition coefficient (Wildman–Crippen LogP) is 1.60. The second-order valence-corrected chi connectivity index (χ2v) is 4.52. The second kappa shape index (κ2) is 7.07. The number of benzene rings is 1. The van der Waals surface area contributed by atoms with Crippen LogP contribution in [0.5, 0.6) is 0 Å². The largest absolute Gasteiger partial charge is 0.369 e. The highest BCUT2D eigenvalue weighted by atomic mass is 16.1. The molecular weight excluding hydrogens is 212 g/mol. The Morgan fingerprint density at radius 2 is 1.71 bits per heavy atom. The molecule has 0 aromatic heterocycles. The molecule has 0 aliphatic carbocycles. The van der Waals surface area contributed by atoms with Crippen LogP contribution in [0.3, 0.4) is 0 Å². The fourth-order valence-electron chi connectivity index (χ4n) is 1.83. The van der Waals surface area contributed by atoms with Gasteiger partial charge in [-0.15, -0.1) is 0 Å². The number of hydrogen-bond donors (Lipinski definition) is 1. The van der Waals surface area contributed by atoms with Crippen LogP contribution in [0.15, 0.2) is 24.3 Å². The van der Waals surface area contributed by atoms with Crippen LogP contribution in [0, 0.1) is 0 Å². The number of carbonyl (C=O) groups excluding carboxylic acids is 1. The summed E-state index contributed by atoms with van der Waals surface area (Å²) in [5, 5.41) is 0. The summed E-state index contributed by atoms with van der Waals surface area (Å²) in [6.07, 6.45) is 3.28. The number of aryl methyl sites for hydroxylation is 1. The maximum absolute atomic E-state index is 10.7. The lowest BCUT2D eigenvalue weighted by Crippen LogP contribution is -2.32. The molecule has 3 nitrogen and oxygen atoms in total. The van der Waals surface area contributed by atoms with E-state index in [1.807, 2.05) is 11.9 Å². The van der Waals surface area contributed by atoms with Crippen LogP contribution >= 0.6 is 0 Å². The fraction of sp³-hybridized carbons (Fsp3) is 0.500. The molecule has 0 bridgehead atoms. The third kappa shape index (κ3) is 5.50. The van der Waals surface area contributed by atoms with Gasteiger partial charge in [-0.05, 0) is 31.0 Å². The molecule has 3 heteroatoms. The number of hydrogen-bond acceptors (Lipinski definition) is 2. The summed E-state index contributed by atoms with van der Waals surface area (Å²) in [5.74, 6) is -0.272. The second-order valence-electron chi connectivity index (χ2n) is 4.52. The van der Waals surface area contributed by atoms with Crippen LogP contribution in [-0.2, 0) is 17.6 Å². The summed E-state index contributed by atoms with van der Waals surface area (Å²) in [6, 6.07) is 8.71. The van der Waals surface area contributed by atoms with Gasteiger partial charge in [0, 0.05) is 6.54 Å². The van der Waals surface area contributed by atoms with E-state index in [9.17, 15) is 4.79 Å². The lowest BCUT2D eigenvalue weighted by atomic mass is 10.1. The molecule has 0 saturated carbocycles.